The van der Waals surface area contributed by atoms with E-state index in [0.717, 1.165) is 12.8 Å². The van der Waals surface area contributed by atoms with Crippen molar-refractivity contribution in [3.05, 3.63) is 23.8 Å². The monoisotopic (exact) mass is 262 g/mol. The van der Waals surface area contributed by atoms with Gasteiger partial charge in [-0.3, -0.25) is 4.79 Å². The summed E-state index contributed by atoms with van der Waals surface area (Å²) in [4.78, 5) is 12.3. The van der Waals surface area contributed by atoms with Gasteiger partial charge in [0, 0.05) is 11.7 Å². The van der Waals surface area contributed by atoms with Crippen LogP contribution in [0, 0.1) is 5.92 Å². The van der Waals surface area contributed by atoms with Gasteiger partial charge in [-0.05, 0) is 37.0 Å². The van der Waals surface area contributed by atoms with Crippen LogP contribution in [0.3, 0.4) is 0 Å². The van der Waals surface area contributed by atoms with Crippen LogP contribution in [-0.4, -0.2) is 19.1 Å². The van der Waals surface area contributed by atoms with Crippen molar-refractivity contribution in [2.75, 3.05) is 12.8 Å². The third-order valence-electron chi connectivity index (χ3n) is 3.78. The first-order chi connectivity index (χ1) is 9.10. The van der Waals surface area contributed by atoms with Crippen LogP contribution in [0.15, 0.2) is 18.2 Å². The summed E-state index contributed by atoms with van der Waals surface area (Å²) in [6.07, 6.45) is 4.54. The topological polar surface area (TPSA) is 64.3 Å². The molecule has 1 saturated carbocycles. The van der Waals surface area contributed by atoms with Gasteiger partial charge in [-0.1, -0.05) is 19.8 Å². The van der Waals surface area contributed by atoms with Gasteiger partial charge in [-0.25, -0.2) is 0 Å². The molecule has 2 rings (SSSR count). The van der Waals surface area contributed by atoms with Crippen molar-refractivity contribution in [3.8, 4) is 5.75 Å². The van der Waals surface area contributed by atoms with Gasteiger partial charge in [0.2, 0.25) is 0 Å². The summed E-state index contributed by atoms with van der Waals surface area (Å²) in [6, 6.07) is 5.42. The van der Waals surface area contributed by atoms with Crippen molar-refractivity contribution in [1.82, 2.24) is 5.32 Å². The van der Waals surface area contributed by atoms with E-state index in [0.29, 0.717) is 22.9 Å². The highest BCUT2D eigenvalue weighted by atomic mass is 16.5. The number of rotatable bonds is 3. The minimum atomic E-state index is -0.101. The molecule has 19 heavy (non-hydrogen) atoms. The lowest BCUT2D eigenvalue weighted by Gasteiger charge is -2.27. The number of hydrogen-bond donors (Lipinski definition) is 2. The number of amides is 1. The summed E-state index contributed by atoms with van der Waals surface area (Å²) >= 11 is 0. The molecule has 0 heterocycles. The Labute approximate surface area is 114 Å². The van der Waals surface area contributed by atoms with Gasteiger partial charge >= 0.3 is 0 Å². The minimum absolute atomic E-state index is 0.101. The summed E-state index contributed by atoms with van der Waals surface area (Å²) in [5, 5.41) is 3.08. The van der Waals surface area contributed by atoms with Gasteiger partial charge in [0.05, 0.1) is 12.7 Å². The van der Waals surface area contributed by atoms with Crippen molar-refractivity contribution in [3.63, 3.8) is 0 Å². The first-order valence-electron chi connectivity index (χ1n) is 6.84. The average Bonchev–Trinajstić information content (AvgIpc) is 2.39. The SMILES string of the molecule is COc1ccc(N)c(C(=O)NC2CCCC(C)C2)c1. The van der Waals surface area contributed by atoms with Gasteiger partial charge in [0.15, 0.2) is 0 Å². The maximum atomic E-state index is 12.3. The first-order valence-corrected chi connectivity index (χ1v) is 6.84. The third-order valence-corrected chi connectivity index (χ3v) is 3.78. The molecule has 1 aliphatic carbocycles. The van der Waals surface area contributed by atoms with Crippen LogP contribution in [0.2, 0.25) is 0 Å². The fourth-order valence-corrected chi connectivity index (χ4v) is 2.69. The lowest BCUT2D eigenvalue weighted by molar-refractivity contribution is 0.0922. The highest BCUT2D eigenvalue weighted by Gasteiger charge is 2.21. The molecule has 0 radical (unpaired) electrons. The van der Waals surface area contributed by atoms with Crippen LogP contribution in [-0.2, 0) is 0 Å². The van der Waals surface area contributed by atoms with E-state index >= 15 is 0 Å². The van der Waals surface area contributed by atoms with Gasteiger partial charge in [-0.2, -0.15) is 0 Å². The van der Waals surface area contributed by atoms with Crippen molar-refractivity contribution in [2.24, 2.45) is 5.92 Å². The number of carbonyl (C=O) groups excluding carboxylic acids is 1. The Morgan fingerprint density at radius 2 is 2.21 bits per heavy atom. The molecule has 104 valence electrons. The summed E-state index contributed by atoms with van der Waals surface area (Å²) in [5.74, 6) is 1.23. The van der Waals surface area contributed by atoms with Gasteiger partial charge in [-0.15, -0.1) is 0 Å². The lowest BCUT2D eigenvalue weighted by Crippen LogP contribution is -2.38. The Balaban J connectivity index is 2.06. The fraction of sp³-hybridized carbons (Fsp3) is 0.533. The Kier molecular flexibility index (Phi) is 4.30. The van der Waals surface area contributed by atoms with E-state index in [1.807, 2.05) is 0 Å². The van der Waals surface area contributed by atoms with Crippen molar-refractivity contribution >= 4 is 11.6 Å². The lowest BCUT2D eigenvalue weighted by atomic mass is 9.87. The Bertz CT molecular complexity index is 459. The number of benzene rings is 1. The number of anilines is 1. The van der Waals surface area contributed by atoms with E-state index in [1.165, 1.54) is 12.8 Å². The molecule has 1 aliphatic rings. The van der Waals surface area contributed by atoms with Gasteiger partial charge < -0.3 is 15.8 Å². The molecular weight excluding hydrogens is 240 g/mol. The molecular formula is C15H22N2O2. The second kappa shape index (κ2) is 5.95. The Morgan fingerprint density at radius 3 is 2.89 bits per heavy atom. The molecule has 0 spiro atoms. The zero-order chi connectivity index (χ0) is 13.8. The van der Waals surface area contributed by atoms with Crippen LogP contribution in [0.5, 0.6) is 5.75 Å². The molecule has 0 aromatic heterocycles. The molecule has 0 saturated heterocycles. The van der Waals surface area contributed by atoms with Crippen molar-refractivity contribution in [2.45, 2.75) is 38.6 Å². The van der Waals surface area contributed by atoms with E-state index in [-0.39, 0.29) is 11.9 Å². The Morgan fingerprint density at radius 1 is 1.42 bits per heavy atom. The molecule has 2 atom stereocenters. The standard InChI is InChI=1S/C15H22N2O2/c1-10-4-3-5-11(8-10)17-15(18)13-9-12(19-2)6-7-14(13)16/h6-7,9-11H,3-5,8,16H2,1-2H3,(H,17,18). The smallest absolute Gasteiger partial charge is 0.253 e. The van der Waals surface area contributed by atoms with Crippen LogP contribution in [0.25, 0.3) is 0 Å². The molecule has 4 heteroatoms. The predicted octanol–water partition coefficient (Wildman–Crippen LogP) is 2.59. The van der Waals surface area contributed by atoms with E-state index in [2.05, 4.69) is 12.2 Å². The highest BCUT2D eigenvalue weighted by molar-refractivity contribution is 5.99. The molecule has 1 amide bonds. The fourth-order valence-electron chi connectivity index (χ4n) is 2.69. The van der Waals surface area contributed by atoms with E-state index in [1.54, 1.807) is 25.3 Å². The summed E-state index contributed by atoms with van der Waals surface area (Å²) < 4.78 is 5.13. The largest absolute Gasteiger partial charge is 0.497 e. The van der Waals surface area contributed by atoms with Crippen molar-refractivity contribution in [1.29, 1.82) is 0 Å². The number of carbonyl (C=O) groups is 1. The summed E-state index contributed by atoms with van der Waals surface area (Å²) in [7, 11) is 1.58. The summed E-state index contributed by atoms with van der Waals surface area (Å²) in [6.45, 7) is 2.23. The van der Waals surface area contributed by atoms with Crippen molar-refractivity contribution < 1.29 is 9.53 Å². The maximum absolute atomic E-state index is 12.3. The zero-order valence-corrected chi connectivity index (χ0v) is 11.6. The molecule has 1 fully saturated rings. The number of nitrogens with two attached hydrogens (primary N) is 1. The molecule has 0 aliphatic heterocycles. The molecule has 3 N–H and O–H groups in total. The number of methoxy groups -OCH3 is 1. The molecule has 1 aromatic rings. The van der Waals surface area contributed by atoms with E-state index < -0.39 is 0 Å². The summed E-state index contributed by atoms with van der Waals surface area (Å²) in [5.41, 5.74) is 6.85. The normalized spacial score (nSPS) is 22.8. The van der Waals surface area contributed by atoms with E-state index in [4.69, 9.17) is 10.5 Å². The third kappa shape index (κ3) is 3.40. The number of hydrogen-bond acceptors (Lipinski definition) is 3. The first kappa shape index (κ1) is 13.7. The predicted molar refractivity (Wildman–Crippen MR) is 76.3 cm³/mol. The van der Waals surface area contributed by atoms with E-state index in [9.17, 15) is 4.79 Å². The molecule has 0 bridgehead atoms. The van der Waals surface area contributed by atoms with Gasteiger partial charge in [0.25, 0.3) is 5.91 Å². The minimum Gasteiger partial charge on any atom is -0.497 e. The van der Waals surface area contributed by atoms with Crippen LogP contribution in [0.1, 0.15) is 43.0 Å². The second-order valence-corrected chi connectivity index (χ2v) is 5.40. The quantitative estimate of drug-likeness (QED) is 0.823. The number of nitrogen functional groups attached to an aromatic ring is 1. The van der Waals surface area contributed by atoms with Crippen LogP contribution in [0.4, 0.5) is 5.69 Å². The number of nitrogens with one attached hydrogen (secondary N) is 1. The van der Waals surface area contributed by atoms with Crippen LogP contribution < -0.4 is 15.8 Å². The molecule has 2 unspecified atom stereocenters. The average molecular weight is 262 g/mol. The second-order valence-electron chi connectivity index (χ2n) is 5.40. The van der Waals surface area contributed by atoms with Crippen LogP contribution >= 0.6 is 0 Å². The zero-order valence-electron chi connectivity index (χ0n) is 11.6. The molecule has 1 aromatic carbocycles. The number of ether oxygens (including phenoxy) is 1. The van der Waals surface area contributed by atoms with Gasteiger partial charge in [0.1, 0.15) is 5.75 Å². The maximum Gasteiger partial charge on any atom is 0.253 e. The highest BCUT2D eigenvalue weighted by Crippen LogP contribution is 2.25. The molecule has 4 nitrogen and oxygen atoms in total. The Hall–Kier alpha value is -1.71.